The number of carbonyl (C=O) groups is 5. The molecule has 4 rings (SSSR count). The van der Waals surface area contributed by atoms with Crippen LogP contribution in [0.2, 0.25) is 0 Å². The highest BCUT2D eigenvalue weighted by Gasteiger charge is 2.76. The number of carbonyl (C=O) groups excluding carboxylic acids is 2. The maximum atomic E-state index is 13.4. The van der Waals surface area contributed by atoms with Gasteiger partial charge >= 0.3 is 17.9 Å². The minimum atomic E-state index is -2.38. The zero-order chi connectivity index (χ0) is 28.5. The molecule has 38 heavy (non-hydrogen) atoms. The molecule has 0 heterocycles. The summed E-state index contributed by atoms with van der Waals surface area (Å²) in [5.41, 5.74) is -3.79. The van der Waals surface area contributed by atoms with E-state index in [4.69, 9.17) is 0 Å². The maximum absolute atomic E-state index is 13.4. The average molecular weight is 535 g/mol. The van der Waals surface area contributed by atoms with Gasteiger partial charge in [-0.2, -0.15) is 0 Å². The third-order valence-electron chi connectivity index (χ3n) is 10.5. The topological polar surface area (TPSA) is 207 Å². The van der Waals surface area contributed by atoms with E-state index in [1.54, 1.807) is 13.0 Å². The minimum Gasteiger partial charge on any atom is -0.479 e. The highest BCUT2D eigenvalue weighted by molar-refractivity contribution is 6.01. The second-order valence-electron chi connectivity index (χ2n) is 11.9. The first-order valence-electron chi connectivity index (χ1n) is 12.7. The standard InChI is InChI=1S/C27H34O11/c1-11(28)27(21(32)24(37)38)17(20(31)23(35)36)9-16-14-5-4-12-8-13(29)6-7-25(12,2)18(14)15(10-26(16,27)3)19(30)22(33)34/h6-8,14-21,30-32H,4-5,9-10H2,1-3H3,(H,33,34)(H,35,36)(H,37,38)/t14-,15?,16-,17?,18+,19?,20?,21?,25-,26-,27-/m0/s1. The number of aliphatic carboxylic acids is 3. The fraction of sp³-hybridized carbons (Fsp3) is 0.667. The van der Waals surface area contributed by atoms with E-state index >= 15 is 0 Å². The van der Waals surface area contributed by atoms with E-state index in [0.717, 1.165) is 12.5 Å². The van der Waals surface area contributed by atoms with Crippen LogP contribution in [0.3, 0.4) is 0 Å². The van der Waals surface area contributed by atoms with Gasteiger partial charge in [0.25, 0.3) is 0 Å². The van der Waals surface area contributed by atoms with Gasteiger partial charge in [-0.1, -0.05) is 25.5 Å². The summed E-state index contributed by atoms with van der Waals surface area (Å²) in [4.78, 5) is 61.9. The second kappa shape index (κ2) is 9.10. The van der Waals surface area contributed by atoms with E-state index in [2.05, 4.69) is 0 Å². The number of hydrogen-bond acceptors (Lipinski definition) is 8. The van der Waals surface area contributed by atoms with Crippen LogP contribution in [0.5, 0.6) is 0 Å². The van der Waals surface area contributed by atoms with Crippen LogP contribution in [0.1, 0.15) is 46.5 Å². The molecule has 11 atom stereocenters. The Kier molecular flexibility index (Phi) is 6.73. The quantitative estimate of drug-likeness (QED) is 0.267. The molecule has 0 aliphatic heterocycles. The number of allylic oxidation sites excluding steroid dienone is 4. The molecule has 0 radical (unpaired) electrons. The van der Waals surface area contributed by atoms with Gasteiger partial charge in [0, 0.05) is 17.3 Å². The Morgan fingerprint density at radius 1 is 0.974 bits per heavy atom. The third-order valence-corrected chi connectivity index (χ3v) is 10.5. The van der Waals surface area contributed by atoms with Gasteiger partial charge in [0.1, 0.15) is 5.78 Å². The SMILES string of the molecule is CC(=O)[C@@]1(C(O)C(=O)O)C(C(O)C(=O)O)C[C@H]2[C@@H]3CCC4=CC(=O)C=C[C@]4(C)[C@H]3C(C(O)C(=O)O)C[C@@]21C. The highest BCUT2D eigenvalue weighted by atomic mass is 16.4. The Morgan fingerprint density at radius 3 is 2.11 bits per heavy atom. The van der Waals surface area contributed by atoms with Crippen molar-refractivity contribution in [3.8, 4) is 0 Å². The number of Topliss-reactive ketones (excluding diaryl/α,β-unsaturated/α-hetero) is 1. The summed E-state index contributed by atoms with van der Waals surface area (Å²) in [5, 5.41) is 62.3. The summed E-state index contributed by atoms with van der Waals surface area (Å²) < 4.78 is 0. The summed E-state index contributed by atoms with van der Waals surface area (Å²) >= 11 is 0. The van der Waals surface area contributed by atoms with Gasteiger partial charge in [0.05, 0.1) is 5.41 Å². The molecule has 3 fully saturated rings. The smallest absolute Gasteiger partial charge is 0.333 e. The number of hydrogen-bond donors (Lipinski definition) is 6. The van der Waals surface area contributed by atoms with Crippen molar-refractivity contribution in [3.05, 3.63) is 23.8 Å². The summed E-state index contributed by atoms with van der Waals surface area (Å²) in [6, 6.07) is 0. The molecule has 4 aliphatic rings. The summed E-state index contributed by atoms with van der Waals surface area (Å²) in [5.74, 6) is -10.1. The Hall–Kier alpha value is -2.89. The monoisotopic (exact) mass is 534 g/mol. The van der Waals surface area contributed by atoms with Gasteiger partial charge in [0.2, 0.25) is 0 Å². The first kappa shape index (κ1) is 28.1. The van der Waals surface area contributed by atoms with Crippen molar-refractivity contribution >= 4 is 29.5 Å². The number of rotatable bonds is 7. The number of carboxylic acid groups (broad SMARTS) is 3. The van der Waals surface area contributed by atoms with Gasteiger partial charge < -0.3 is 30.6 Å². The molecule has 11 heteroatoms. The molecule has 0 saturated heterocycles. The van der Waals surface area contributed by atoms with Crippen LogP contribution < -0.4 is 0 Å². The van der Waals surface area contributed by atoms with E-state index in [-0.39, 0.29) is 18.6 Å². The molecule has 5 unspecified atom stereocenters. The molecule has 0 aromatic heterocycles. The van der Waals surface area contributed by atoms with Crippen molar-refractivity contribution in [2.45, 2.75) is 64.8 Å². The summed E-state index contributed by atoms with van der Waals surface area (Å²) in [6.07, 6.45) is -1.33. The van der Waals surface area contributed by atoms with Crippen LogP contribution in [0.4, 0.5) is 0 Å². The van der Waals surface area contributed by atoms with Crippen LogP contribution in [-0.2, 0) is 24.0 Å². The van der Waals surface area contributed by atoms with Crippen molar-refractivity contribution in [3.63, 3.8) is 0 Å². The zero-order valence-electron chi connectivity index (χ0n) is 21.4. The van der Waals surface area contributed by atoms with Crippen molar-refractivity contribution in [1.82, 2.24) is 0 Å². The van der Waals surface area contributed by atoms with Gasteiger partial charge in [-0.15, -0.1) is 0 Å². The van der Waals surface area contributed by atoms with E-state index in [1.165, 1.54) is 12.2 Å². The summed E-state index contributed by atoms with van der Waals surface area (Å²) in [7, 11) is 0. The van der Waals surface area contributed by atoms with Crippen LogP contribution in [-0.4, -0.2) is 78.4 Å². The van der Waals surface area contributed by atoms with Gasteiger partial charge in [-0.25, -0.2) is 14.4 Å². The number of aliphatic hydroxyl groups excluding tert-OH is 3. The fourth-order valence-corrected chi connectivity index (χ4v) is 9.21. The Bertz CT molecular complexity index is 1160. The molecule has 0 bridgehead atoms. The second-order valence-corrected chi connectivity index (χ2v) is 11.9. The Morgan fingerprint density at radius 2 is 1.58 bits per heavy atom. The van der Waals surface area contributed by atoms with Crippen LogP contribution in [0.25, 0.3) is 0 Å². The molecule has 0 aromatic rings. The lowest BCUT2D eigenvalue weighted by atomic mass is 9.41. The van der Waals surface area contributed by atoms with E-state index in [9.17, 15) is 54.6 Å². The fourth-order valence-electron chi connectivity index (χ4n) is 9.21. The first-order chi connectivity index (χ1) is 17.6. The number of ketones is 2. The van der Waals surface area contributed by atoms with Crippen molar-refractivity contribution in [1.29, 1.82) is 0 Å². The van der Waals surface area contributed by atoms with Gasteiger partial charge in [-0.3, -0.25) is 9.59 Å². The molecule has 4 aliphatic carbocycles. The normalized spacial score (nSPS) is 42.1. The van der Waals surface area contributed by atoms with Crippen LogP contribution in [0.15, 0.2) is 23.8 Å². The first-order valence-corrected chi connectivity index (χ1v) is 12.7. The maximum Gasteiger partial charge on any atom is 0.333 e. The lowest BCUT2D eigenvalue weighted by Crippen LogP contribution is -2.64. The largest absolute Gasteiger partial charge is 0.479 e. The lowest BCUT2D eigenvalue weighted by Gasteiger charge is -2.62. The van der Waals surface area contributed by atoms with Crippen LogP contribution >= 0.6 is 0 Å². The predicted octanol–water partition coefficient (Wildman–Crippen LogP) is 0.658. The lowest BCUT2D eigenvalue weighted by molar-refractivity contribution is -0.197. The Balaban J connectivity index is 1.99. The predicted molar refractivity (Wildman–Crippen MR) is 128 cm³/mol. The zero-order valence-corrected chi connectivity index (χ0v) is 21.4. The average Bonchev–Trinajstić information content (AvgIpc) is 3.11. The minimum absolute atomic E-state index is 0.0945. The highest BCUT2D eigenvalue weighted by Crippen LogP contribution is 2.74. The Labute approximate surface area is 218 Å². The molecule has 0 amide bonds. The van der Waals surface area contributed by atoms with E-state index in [0.29, 0.717) is 12.8 Å². The molecular formula is C27H34O11. The van der Waals surface area contributed by atoms with E-state index in [1.807, 2.05) is 6.92 Å². The molecule has 0 aromatic carbocycles. The third kappa shape index (κ3) is 3.55. The number of carboxylic acids is 3. The van der Waals surface area contributed by atoms with Gasteiger partial charge in [-0.05, 0) is 67.9 Å². The molecule has 0 spiro atoms. The summed E-state index contributed by atoms with van der Waals surface area (Å²) in [6.45, 7) is 4.45. The number of fused-ring (bicyclic) bond motifs is 5. The van der Waals surface area contributed by atoms with Crippen LogP contribution in [0, 0.1) is 45.8 Å². The molecule has 208 valence electrons. The van der Waals surface area contributed by atoms with Crippen molar-refractivity contribution < 1.29 is 54.6 Å². The number of aliphatic hydroxyl groups is 3. The molecule has 6 N–H and O–H groups in total. The molecular weight excluding hydrogens is 500 g/mol. The molecule has 11 nitrogen and oxygen atoms in total. The van der Waals surface area contributed by atoms with Crippen molar-refractivity contribution in [2.75, 3.05) is 0 Å². The molecule has 3 saturated carbocycles. The van der Waals surface area contributed by atoms with Crippen molar-refractivity contribution in [2.24, 2.45) is 45.8 Å². The van der Waals surface area contributed by atoms with E-state index < -0.39 is 87.8 Å². The van der Waals surface area contributed by atoms with Gasteiger partial charge in [0.15, 0.2) is 24.1 Å².